The monoisotopic (exact) mass is 468 g/mol. The molecule has 0 fully saturated rings. The third-order valence-electron chi connectivity index (χ3n) is 3.21. The molecule has 0 aliphatic heterocycles. The van der Waals surface area contributed by atoms with Crippen molar-refractivity contribution in [1.82, 2.24) is 15.6 Å². The van der Waals surface area contributed by atoms with Crippen LogP contribution in [0.5, 0.6) is 0 Å². The van der Waals surface area contributed by atoms with Crippen LogP contribution in [0, 0.1) is 12.8 Å². The van der Waals surface area contributed by atoms with Crippen LogP contribution >= 0.6 is 35.3 Å². The normalized spacial score (nSPS) is 11.5. The number of nitrogens with one attached hydrogen (secondary N) is 2. The summed E-state index contributed by atoms with van der Waals surface area (Å²) in [7, 11) is 0. The maximum absolute atomic E-state index is 5.61. The number of hydrogen-bond donors (Lipinski definition) is 2. The number of aliphatic imine (C=N–C) groups is 1. The zero-order valence-electron chi connectivity index (χ0n) is 15.4. The molecule has 24 heavy (non-hydrogen) atoms. The van der Waals surface area contributed by atoms with E-state index in [1.54, 1.807) is 11.3 Å². The van der Waals surface area contributed by atoms with Crippen molar-refractivity contribution < 1.29 is 4.74 Å². The van der Waals surface area contributed by atoms with Gasteiger partial charge in [0.05, 0.1) is 11.6 Å². The molecule has 1 aromatic rings. The number of halogens is 1. The van der Waals surface area contributed by atoms with E-state index in [0.717, 1.165) is 63.8 Å². The van der Waals surface area contributed by atoms with E-state index in [2.05, 4.69) is 46.8 Å². The quantitative estimate of drug-likeness (QED) is 0.226. The molecule has 1 heterocycles. The Kier molecular flexibility index (Phi) is 14.6. The highest BCUT2D eigenvalue weighted by molar-refractivity contribution is 14.0. The highest BCUT2D eigenvalue weighted by atomic mass is 127. The molecular weight excluding hydrogens is 435 g/mol. The molecule has 0 atom stereocenters. The van der Waals surface area contributed by atoms with Crippen LogP contribution in [-0.2, 0) is 11.2 Å². The fraction of sp³-hybridized carbons (Fsp3) is 0.765. The summed E-state index contributed by atoms with van der Waals surface area (Å²) in [4.78, 5) is 9.07. The molecule has 0 aliphatic carbocycles. The largest absolute Gasteiger partial charge is 0.380 e. The summed E-state index contributed by atoms with van der Waals surface area (Å²) in [5.41, 5.74) is 1.11. The molecule has 0 unspecified atom stereocenters. The molecule has 2 N–H and O–H groups in total. The summed E-state index contributed by atoms with van der Waals surface area (Å²) in [6, 6.07) is 0. The number of guanidine groups is 1. The van der Waals surface area contributed by atoms with E-state index in [-0.39, 0.29) is 24.0 Å². The Hall–Kier alpha value is -0.410. The van der Waals surface area contributed by atoms with E-state index in [4.69, 9.17) is 4.74 Å². The molecular formula is C17H33IN4OS. The second-order valence-electron chi connectivity index (χ2n) is 5.97. The molecule has 1 aromatic heterocycles. The Labute approximate surface area is 168 Å². The fourth-order valence-corrected chi connectivity index (χ4v) is 2.76. The van der Waals surface area contributed by atoms with Crippen molar-refractivity contribution >= 4 is 41.3 Å². The van der Waals surface area contributed by atoms with Crippen LogP contribution in [-0.4, -0.2) is 43.8 Å². The third kappa shape index (κ3) is 12.0. The van der Waals surface area contributed by atoms with Gasteiger partial charge in [0, 0.05) is 43.7 Å². The molecule has 1 rings (SSSR count). The van der Waals surface area contributed by atoms with Gasteiger partial charge in [-0.1, -0.05) is 13.8 Å². The zero-order chi connectivity index (χ0) is 16.9. The lowest BCUT2D eigenvalue weighted by Crippen LogP contribution is -2.39. The maximum atomic E-state index is 5.61. The molecule has 140 valence electrons. The van der Waals surface area contributed by atoms with Gasteiger partial charge >= 0.3 is 0 Å². The summed E-state index contributed by atoms with van der Waals surface area (Å²) >= 11 is 1.73. The number of thiazole rings is 1. The van der Waals surface area contributed by atoms with E-state index in [1.165, 1.54) is 5.01 Å². The van der Waals surface area contributed by atoms with Gasteiger partial charge in [0.2, 0.25) is 0 Å². The Morgan fingerprint density at radius 1 is 1.33 bits per heavy atom. The van der Waals surface area contributed by atoms with Crippen LogP contribution in [0.2, 0.25) is 0 Å². The van der Waals surface area contributed by atoms with Crippen molar-refractivity contribution in [3.8, 4) is 0 Å². The average molecular weight is 468 g/mol. The summed E-state index contributed by atoms with van der Waals surface area (Å²) in [5, 5.41) is 9.88. The summed E-state index contributed by atoms with van der Waals surface area (Å²) in [5.74, 6) is 1.57. The van der Waals surface area contributed by atoms with Gasteiger partial charge in [-0.25, -0.2) is 4.98 Å². The minimum absolute atomic E-state index is 0. The van der Waals surface area contributed by atoms with Crippen molar-refractivity contribution in [3.63, 3.8) is 0 Å². The third-order valence-corrected chi connectivity index (χ3v) is 4.23. The Morgan fingerprint density at radius 2 is 2.12 bits per heavy atom. The smallest absolute Gasteiger partial charge is 0.191 e. The van der Waals surface area contributed by atoms with Gasteiger partial charge < -0.3 is 15.4 Å². The first kappa shape index (κ1) is 23.6. The standard InChI is InChI=1S/C17H32N4OS.HI/c1-5-18-17(20-10-12-22-11-8-14(2)3)19-9-6-7-16-21-15(4)13-23-16;/h13-14H,5-12H2,1-4H3,(H2,18,19,20);1H. The molecule has 0 spiro atoms. The van der Waals surface area contributed by atoms with Crippen molar-refractivity contribution in [2.45, 2.75) is 47.0 Å². The van der Waals surface area contributed by atoms with E-state index < -0.39 is 0 Å². The van der Waals surface area contributed by atoms with Gasteiger partial charge in [-0.15, -0.1) is 35.3 Å². The highest BCUT2D eigenvalue weighted by Crippen LogP contribution is 2.10. The predicted octanol–water partition coefficient (Wildman–Crippen LogP) is 3.62. The first-order chi connectivity index (χ1) is 11.1. The number of aromatic nitrogens is 1. The molecule has 0 bridgehead atoms. The lowest BCUT2D eigenvalue weighted by molar-refractivity contribution is 0.128. The molecule has 0 aliphatic rings. The molecule has 0 radical (unpaired) electrons. The molecule has 7 heteroatoms. The lowest BCUT2D eigenvalue weighted by atomic mass is 10.1. The highest BCUT2D eigenvalue weighted by Gasteiger charge is 2.00. The minimum atomic E-state index is 0. The van der Waals surface area contributed by atoms with E-state index in [1.807, 2.05) is 6.92 Å². The van der Waals surface area contributed by atoms with Crippen LogP contribution < -0.4 is 10.6 Å². The van der Waals surface area contributed by atoms with Crippen molar-refractivity contribution in [2.75, 3.05) is 32.8 Å². The maximum Gasteiger partial charge on any atom is 0.191 e. The van der Waals surface area contributed by atoms with Crippen LogP contribution in [0.4, 0.5) is 0 Å². The topological polar surface area (TPSA) is 58.5 Å². The van der Waals surface area contributed by atoms with Gasteiger partial charge in [0.15, 0.2) is 5.96 Å². The Bertz CT molecular complexity index is 452. The van der Waals surface area contributed by atoms with Crippen LogP contribution in [0.15, 0.2) is 10.4 Å². The number of aryl methyl sites for hydroxylation is 2. The van der Waals surface area contributed by atoms with Crippen LogP contribution in [0.25, 0.3) is 0 Å². The van der Waals surface area contributed by atoms with Crippen molar-refractivity contribution in [2.24, 2.45) is 10.9 Å². The van der Waals surface area contributed by atoms with Gasteiger partial charge in [-0.2, -0.15) is 0 Å². The SMILES string of the molecule is CCNC(=NCCCc1nc(C)cs1)NCCOCCC(C)C.I. The fourth-order valence-electron chi connectivity index (χ4n) is 1.94. The zero-order valence-corrected chi connectivity index (χ0v) is 18.6. The Morgan fingerprint density at radius 3 is 2.75 bits per heavy atom. The molecule has 5 nitrogen and oxygen atoms in total. The predicted molar refractivity (Wildman–Crippen MR) is 115 cm³/mol. The van der Waals surface area contributed by atoms with Crippen LogP contribution in [0.3, 0.4) is 0 Å². The molecule has 0 amide bonds. The number of ether oxygens (including phenoxy) is 1. The Balaban J connectivity index is 0.00000529. The number of nitrogens with zero attached hydrogens (tertiary/aromatic N) is 2. The van der Waals surface area contributed by atoms with Gasteiger partial charge in [-0.05, 0) is 32.6 Å². The van der Waals surface area contributed by atoms with Gasteiger partial charge in [0.25, 0.3) is 0 Å². The average Bonchev–Trinajstić information content (AvgIpc) is 2.92. The van der Waals surface area contributed by atoms with Crippen LogP contribution in [0.1, 0.15) is 44.3 Å². The van der Waals surface area contributed by atoms with E-state index >= 15 is 0 Å². The molecule has 0 saturated carbocycles. The number of hydrogen-bond acceptors (Lipinski definition) is 4. The summed E-state index contributed by atoms with van der Waals surface area (Å²) < 4.78 is 5.61. The van der Waals surface area contributed by atoms with E-state index in [0.29, 0.717) is 5.92 Å². The summed E-state index contributed by atoms with van der Waals surface area (Å²) in [6.45, 7) is 12.6. The summed E-state index contributed by atoms with van der Waals surface area (Å²) in [6.07, 6.45) is 3.14. The molecule has 0 saturated heterocycles. The first-order valence-corrected chi connectivity index (χ1v) is 9.50. The number of rotatable bonds is 11. The van der Waals surface area contributed by atoms with E-state index in [9.17, 15) is 0 Å². The second kappa shape index (κ2) is 14.9. The minimum Gasteiger partial charge on any atom is -0.380 e. The first-order valence-electron chi connectivity index (χ1n) is 8.62. The molecule has 0 aromatic carbocycles. The van der Waals surface area contributed by atoms with Crippen molar-refractivity contribution in [3.05, 3.63) is 16.1 Å². The van der Waals surface area contributed by atoms with Gasteiger partial charge in [0.1, 0.15) is 0 Å². The van der Waals surface area contributed by atoms with Gasteiger partial charge in [-0.3, -0.25) is 4.99 Å². The lowest BCUT2D eigenvalue weighted by Gasteiger charge is -2.12. The van der Waals surface area contributed by atoms with Crippen molar-refractivity contribution in [1.29, 1.82) is 0 Å². The second-order valence-corrected chi connectivity index (χ2v) is 6.91.